The molecule has 0 radical (unpaired) electrons. The summed E-state index contributed by atoms with van der Waals surface area (Å²) < 4.78 is 0. The molecule has 0 atom stereocenters. The maximum absolute atomic E-state index is 11.9. The summed E-state index contributed by atoms with van der Waals surface area (Å²) in [6, 6.07) is 15.7. The fourth-order valence-electron chi connectivity index (χ4n) is 1.75. The smallest absolute Gasteiger partial charge is 0.285 e. The number of amides is 1. The zero-order valence-electron chi connectivity index (χ0n) is 12.4. The SMILES string of the molecule is C.Cc1cccc(C=Nc2ccccc2)c1SC(=O)N(C)C. The molecule has 1 amide bonds. The van der Waals surface area contributed by atoms with Crippen LogP contribution in [0.15, 0.2) is 58.4 Å². The van der Waals surface area contributed by atoms with E-state index in [1.807, 2.05) is 61.7 Å². The summed E-state index contributed by atoms with van der Waals surface area (Å²) in [6.45, 7) is 2.01. The summed E-state index contributed by atoms with van der Waals surface area (Å²) in [5, 5.41) is 0.0126. The zero-order valence-corrected chi connectivity index (χ0v) is 13.2. The molecule has 3 nitrogen and oxygen atoms in total. The lowest BCUT2D eigenvalue weighted by Gasteiger charge is -2.12. The molecular formula is C18H22N2OS. The second-order valence-corrected chi connectivity index (χ2v) is 5.81. The molecule has 2 aromatic rings. The van der Waals surface area contributed by atoms with Crippen LogP contribution in [0.1, 0.15) is 18.6 Å². The largest absolute Gasteiger partial charge is 0.339 e. The van der Waals surface area contributed by atoms with Gasteiger partial charge in [-0.15, -0.1) is 0 Å². The lowest BCUT2D eigenvalue weighted by molar-refractivity contribution is 0.241. The van der Waals surface area contributed by atoms with Gasteiger partial charge in [0.2, 0.25) is 0 Å². The van der Waals surface area contributed by atoms with Gasteiger partial charge in [0.05, 0.1) is 5.69 Å². The van der Waals surface area contributed by atoms with Crippen molar-refractivity contribution in [2.45, 2.75) is 19.2 Å². The molecule has 22 heavy (non-hydrogen) atoms. The molecule has 2 aromatic carbocycles. The zero-order chi connectivity index (χ0) is 15.2. The van der Waals surface area contributed by atoms with Crippen LogP contribution < -0.4 is 0 Å². The van der Waals surface area contributed by atoms with Crippen molar-refractivity contribution in [2.75, 3.05) is 14.1 Å². The molecule has 0 aliphatic heterocycles. The fraction of sp³-hybridized carbons (Fsp3) is 0.222. The quantitative estimate of drug-likeness (QED) is 0.579. The first-order valence-electron chi connectivity index (χ1n) is 6.66. The summed E-state index contributed by atoms with van der Waals surface area (Å²) in [7, 11) is 3.51. The van der Waals surface area contributed by atoms with Gasteiger partial charge in [-0.3, -0.25) is 9.79 Å². The number of aliphatic imine (C=N–C) groups is 1. The third-order valence-corrected chi connectivity index (χ3v) is 4.21. The number of para-hydroxylation sites is 1. The van der Waals surface area contributed by atoms with Crippen LogP contribution in [0.3, 0.4) is 0 Å². The average Bonchev–Trinajstić information content (AvgIpc) is 2.48. The van der Waals surface area contributed by atoms with Crippen LogP contribution >= 0.6 is 11.8 Å². The highest BCUT2D eigenvalue weighted by Crippen LogP contribution is 2.28. The summed E-state index contributed by atoms with van der Waals surface area (Å²) in [4.78, 5) is 18.9. The normalized spacial score (nSPS) is 10.3. The monoisotopic (exact) mass is 314 g/mol. The lowest BCUT2D eigenvalue weighted by atomic mass is 10.1. The van der Waals surface area contributed by atoms with Crippen LogP contribution in [0, 0.1) is 6.92 Å². The number of carbonyl (C=O) groups is 1. The average molecular weight is 314 g/mol. The van der Waals surface area contributed by atoms with Crippen LogP contribution in [-0.4, -0.2) is 30.4 Å². The van der Waals surface area contributed by atoms with E-state index in [1.54, 1.807) is 19.0 Å². The molecule has 0 heterocycles. The molecule has 4 heteroatoms. The predicted molar refractivity (Wildman–Crippen MR) is 96.5 cm³/mol. The Labute approximate surface area is 137 Å². The van der Waals surface area contributed by atoms with E-state index >= 15 is 0 Å². The Morgan fingerprint density at radius 2 is 1.77 bits per heavy atom. The molecule has 0 unspecified atom stereocenters. The fourth-order valence-corrected chi connectivity index (χ4v) is 2.58. The van der Waals surface area contributed by atoms with Crippen LogP contribution in [0.2, 0.25) is 0 Å². The molecule has 0 spiro atoms. The number of carbonyl (C=O) groups excluding carboxylic acids is 1. The van der Waals surface area contributed by atoms with E-state index in [0.717, 1.165) is 21.7 Å². The minimum absolute atomic E-state index is 0. The summed E-state index contributed by atoms with van der Waals surface area (Å²) in [5.74, 6) is 0. The van der Waals surface area contributed by atoms with Crippen LogP contribution in [0.25, 0.3) is 0 Å². The molecule has 0 saturated heterocycles. The van der Waals surface area contributed by atoms with E-state index in [0.29, 0.717) is 0 Å². The summed E-state index contributed by atoms with van der Waals surface area (Å²) >= 11 is 1.24. The van der Waals surface area contributed by atoms with E-state index < -0.39 is 0 Å². The third kappa shape index (κ3) is 4.74. The maximum Gasteiger partial charge on any atom is 0.285 e. The van der Waals surface area contributed by atoms with Crippen LogP contribution in [0.4, 0.5) is 10.5 Å². The lowest BCUT2D eigenvalue weighted by Crippen LogP contribution is -2.16. The number of benzene rings is 2. The molecule has 0 N–H and O–H groups in total. The first kappa shape index (κ1) is 18.0. The van der Waals surface area contributed by atoms with Crippen molar-refractivity contribution < 1.29 is 4.79 Å². The molecule has 0 fully saturated rings. The Morgan fingerprint density at radius 1 is 1.09 bits per heavy atom. The van der Waals surface area contributed by atoms with Gasteiger partial charge in [-0.2, -0.15) is 0 Å². The molecular weight excluding hydrogens is 292 g/mol. The predicted octanol–water partition coefficient (Wildman–Crippen LogP) is 5.16. The van der Waals surface area contributed by atoms with E-state index in [2.05, 4.69) is 4.99 Å². The Hall–Kier alpha value is -2.07. The van der Waals surface area contributed by atoms with Crippen molar-refractivity contribution in [1.82, 2.24) is 4.90 Å². The summed E-state index contributed by atoms with van der Waals surface area (Å²) in [6.07, 6.45) is 1.81. The maximum atomic E-state index is 11.9. The molecule has 0 aromatic heterocycles. The van der Waals surface area contributed by atoms with Crippen molar-refractivity contribution >= 4 is 28.9 Å². The second kappa shape index (κ2) is 8.39. The van der Waals surface area contributed by atoms with Crippen molar-refractivity contribution in [3.63, 3.8) is 0 Å². The van der Waals surface area contributed by atoms with E-state index in [1.165, 1.54) is 11.8 Å². The topological polar surface area (TPSA) is 32.7 Å². The van der Waals surface area contributed by atoms with Crippen LogP contribution in [0.5, 0.6) is 0 Å². The molecule has 0 aliphatic carbocycles. The van der Waals surface area contributed by atoms with E-state index in [9.17, 15) is 4.79 Å². The van der Waals surface area contributed by atoms with Crippen molar-refractivity contribution in [3.05, 3.63) is 59.7 Å². The van der Waals surface area contributed by atoms with Gasteiger partial charge < -0.3 is 4.90 Å². The van der Waals surface area contributed by atoms with Gasteiger partial charge in [-0.1, -0.05) is 43.8 Å². The van der Waals surface area contributed by atoms with Gasteiger partial charge >= 0.3 is 0 Å². The number of aryl methyl sites for hydroxylation is 1. The van der Waals surface area contributed by atoms with Gasteiger partial charge in [0.25, 0.3) is 5.24 Å². The molecule has 2 rings (SSSR count). The number of rotatable bonds is 3. The Morgan fingerprint density at radius 3 is 2.41 bits per heavy atom. The highest BCUT2D eigenvalue weighted by Gasteiger charge is 2.12. The Balaban J connectivity index is 0.00000242. The number of hydrogen-bond donors (Lipinski definition) is 0. The van der Waals surface area contributed by atoms with Gasteiger partial charge in [0, 0.05) is 30.8 Å². The van der Waals surface area contributed by atoms with Crippen LogP contribution in [-0.2, 0) is 0 Å². The Kier molecular flexibility index (Phi) is 6.86. The summed E-state index contributed by atoms with van der Waals surface area (Å²) in [5.41, 5.74) is 2.93. The first-order chi connectivity index (χ1) is 10.1. The van der Waals surface area contributed by atoms with Gasteiger partial charge in [0.1, 0.15) is 0 Å². The van der Waals surface area contributed by atoms with Gasteiger partial charge in [0.15, 0.2) is 0 Å². The molecule has 0 bridgehead atoms. The highest BCUT2D eigenvalue weighted by atomic mass is 32.2. The molecule has 116 valence electrons. The van der Waals surface area contributed by atoms with Crippen molar-refractivity contribution in [1.29, 1.82) is 0 Å². The highest BCUT2D eigenvalue weighted by molar-refractivity contribution is 8.13. The number of hydrogen-bond acceptors (Lipinski definition) is 3. The van der Waals surface area contributed by atoms with Crippen molar-refractivity contribution in [2.24, 2.45) is 4.99 Å². The van der Waals surface area contributed by atoms with Gasteiger partial charge in [-0.25, -0.2) is 0 Å². The Bertz CT molecular complexity index is 651. The molecule has 0 saturated carbocycles. The van der Waals surface area contributed by atoms with E-state index in [4.69, 9.17) is 0 Å². The first-order valence-corrected chi connectivity index (χ1v) is 7.47. The standard InChI is InChI=1S/C17H18N2OS.CH4/c1-13-8-7-9-14(16(13)21-17(20)19(2)3)12-18-15-10-5-4-6-11-15;/h4-12H,1-3H3;1H4. The minimum Gasteiger partial charge on any atom is -0.339 e. The molecule has 0 aliphatic rings. The number of nitrogens with zero attached hydrogens (tertiary/aromatic N) is 2. The number of thioether (sulfide) groups is 1. The minimum atomic E-state index is 0. The van der Waals surface area contributed by atoms with Crippen molar-refractivity contribution in [3.8, 4) is 0 Å². The van der Waals surface area contributed by atoms with Gasteiger partial charge in [-0.05, 0) is 36.4 Å². The third-order valence-electron chi connectivity index (χ3n) is 2.91. The second-order valence-electron chi connectivity index (χ2n) is 4.85. The van der Waals surface area contributed by atoms with E-state index in [-0.39, 0.29) is 12.7 Å².